The fraction of sp³-hybridized carbons (Fsp3) is 0.462. The molecule has 19 heavy (non-hydrogen) atoms. The van der Waals surface area contributed by atoms with E-state index in [1.54, 1.807) is 0 Å². The van der Waals surface area contributed by atoms with Gasteiger partial charge >= 0.3 is 0 Å². The van der Waals surface area contributed by atoms with Gasteiger partial charge in [0.25, 0.3) is 11.6 Å². The van der Waals surface area contributed by atoms with E-state index in [4.69, 9.17) is 11.6 Å². The number of nitro benzene ring substituents is 1. The van der Waals surface area contributed by atoms with E-state index in [9.17, 15) is 14.9 Å². The van der Waals surface area contributed by atoms with Crippen molar-refractivity contribution in [3.8, 4) is 0 Å². The van der Waals surface area contributed by atoms with Crippen LogP contribution in [0.2, 0.25) is 5.02 Å². The zero-order chi connectivity index (χ0) is 14.0. The molecule has 1 N–H and O–H groups in total. The van der Waals surface area contributed by atoms with Gasteiger partial charge in [-0.3, -0.25) is 14.9 Å². The molecule has 1 fully saturated rings. The Morgan fingerprint density at radius 1 is 1.53 bits per heavy atom. The van der Waals surface area contributed by atoms with E-state index in [0.717, 1.165) is 12.8 Å². The minimum atomic E-state index is -0.573. The molecule has 1 aromatic rings. The van der Waals surface area contributed by atoms with Crippen molar-refractivity contribution in [1.29, 1.82) is 0 Å². The van der Waals surface area contributed by atoms with Gasteiger partial charge < -0.3 is 5.32 Å². The molecule has 0 heterocycles. The fourth-order valence-corrected chi connectivity index (χ4v) is 2.37. The highest BCUT2D eigenvalue weighted by molar-refractivity contribution is 6.31. The van der Waals surface area contributed by atoms with Gasteiger partial charge in [-0.25, -0.2) is 0 Å². The Labute approximate surface area is 116 Å². The second kappa shape index (κ2) is 5.17. The van der Waals surface area contributed by atoms with Crippen LogP contribution in [0.15, 0.2) is 18.2 Å². The van der Waals surface area contributed by atoms with Crippen LogP contribution in [-0.2, 0) is 0 Å². The maximum absolute atomic E-state index is 12.0. The third-order valence-corrected chi connectivity index (χ3v) is 3.87. The van der Waals surface area contributed by atoms with E-state index < -0.39 is 10.8 Å². The van der Waals surface area contributed by atoms with Crippen molar-refractivity contribution >= 4 is 23.2 Å². The van der Waals surface area contributed by atoms with Crippen molar-refractivity contribution in [3.63, 3.8) is 0 Å². The molecule has 0 aromatic heterocycles. The molecule has 0 saturated heterocycles. The molecule has 0 unspecified atom stereocenters. The first kappa shape index (κ1) is 13.8. The zero-order valence-electron chi connectivity index (χ0n) is 10.6. The van der Waals surface area contributed by atoms with Gasteiger partial charge in [0.15, 0.2) is 0 Å². The smallest absolute Gasteiger partial charge is 0.282 e. The van der Waals surface area contributed by atoms with Crippen LogP contribution in [0.1, 0.15) is 36.5 Å². The van der Waals surface area contributed by atoms with E-state index in [1.165, 1.54) is 24.6 Å². The van der Waals surface area contributed by atoms with E-state index in [1.807, 2.05) is 0 Å². The van der Waals surface area contributed by atoms with Crippen molar-refractivity contribution in [3.05, 3.63) is 38.9 Å². The van der Waals surface area contributed by atoms with Crippen molar-refractivity contribution in [2.24, 2.45) is 5.41 Å². The predicted octanol–water partition coefficient (Wildman–Crippen LogP) is 3.17. The fourth-order valence-electron chi connectivity index (χ4n) is 2.20. The lowest BCUT2D eigenvalue weighted by Crippen LogP contribution is -2.40. The number of nitrogens with one attached hydrogen (secondary N) is 1. The van der Waals surface area contributed by atoms with Crippen LogP contribution >= 0.6 is 11.6 Å². The second-order valence-electron chi connectivity index (χ2n) is 5.27. The third-order valence-electron chi connectivity index (χ3n) is 3.64. The Kier molecular flexibility index (Phi) is 3.75. The Morgan fingerprint density at radius 3 is 2.74 bits per heavy atom. The van der Waals surface area contributed by atoms with Gasteiger partial charge in [0.2, 0.25) is 0 Å². The highest BCUT2D eigenvalue weighted by atomic mass is 35.5. The zero-order valence-corrected chi connectivity index (χ0v) is 11.4. The van der Waals surface area contributed by atoms with E-state index in [2.05, 4.69) is 12.2 Å². The van der Waals surface area contributed by atoms with Gasteiger partial charge in [-0.2, -0.15) is 0 Å². The van der Waals surface area contributed by atoms with Crippen LogP contribution in [0.25, 0.3) is 0 Å². The molecule has 0 radical (unpaired) electrons. The number of nitro groups is 1. The lowest BCUT2D eigenvalue weighted by atomic mass is 9.70. The van der Waals surface area contributed by atoms with Gasteiger partial charge in [-0.15, -0.1) is 0 Å². The summed E-state index contributed by atoms with van der Waals surface area (Å²) < 4.78 is 0. The molecular formula is C13H15ClN2O3. The SMILES string of the molecule is CC1(CNC(=O)c2cc(Cl)ccc2[N+](=O)[O-])CCC1. The van der Waals surface area contributed by atoms with E-state index in [0.29, 0.717) is 11.6 Å². The predicted molar refractivity (Wildman–Crippen MR) is 72.4 cm³/mol. The lowest BCUT2D eigenvalue weighted by Gasteiger charge is -2.38. The summed E-state index contributed by atoms with van der Waals surface area (Å²) in [6, 6.07) is 3.99. The number of nitrogens with zero attached hydrogens (tertiary/aromatic N) is 1. The van der Waals surface area contributed by atoms with E-state index >= 15 is 0 Å². The van der Waals surface area contributed by atoms with Crippen LogP contribution < -0.4 is 5.32 Å². The van der Waals surface area contributed by atoms with Crippen molar-refractivity contribution in [1.82, 2.24) is 5.32 Å². The van der Waals surface area contributed by atoms with Crippen LogP contribution in [0.5, 0.6) is 0 Å². The average Bonchev–Trinajstić information content (AvgIpc) is 2.33. The van der Waals surface area contributed by atoms with Crippen LogP contribution in [-0.4, -0.2) is 17.4 Å². The number of carbonyl (C=O) groups is 1. The Bertz CT molecular complexity index is 527. The largest absolute Gasteiger partial charge is 0.351 e. The molecule has 1 amide bonds. The Hall–Kier alpha value is -1.62. The molecule has 102 valence electrons. The summed E-state index contributed by atoms with van der Waals surface area (Å²) in [7, 11) is 0. The number of carbonyl (C=O) groups excluding carboxylic acids is 1. The Morgan fingerprint density at radius 2 is 2.21 bits per heavy atom. The minimum Gasteiger partial charge on any atom is -0.351 e. The first-order valence-corrected chi connectivity index (χ1v) is 6.51. The molecule has 1 aliphatic carbocycles. The van der Waals surface area contributed by atoms with E-state index in [-0.39, 0.29) is 16.7 Å². The summed E-state index contributed by atoms with van der Waals surface area (Å²) in [4.78, 5) is 22.4. The normalized spacial score (nSPS) is 16.5. The summed E-state index contributed by atoms with van der Waals surface area (Å²) in [5, 5.41) is 14.0. The topological polar surface area (TPSA) is 72.2 Å². The summed E-state index contributed by atoms with van der Waals surface area (Å²) >= 11 is 5.79. The molecule has 0 atom stereocenters. The summed E-state index contributed by atoms with van der Waals surface area (Å²) in [5.74, 6) is -0.442. The number of halogens is 1. The highest BCUT2D eigenvalue weighted by Gasteiger charge is 2.32. The molecule has 0 spiro atoms. The molecule has 2 rings (SSSR count). The van der Waals surface area contributed by atoms with Crippen molar-refractivity contribution < 1.29 is 9.72 Å². The lowest BCUT2D eigenvalue weighted by molar-refractivity contribution is -0.385. The summed E-state index contributed by atoms with van der Waals surface area (Å²) in [5.41, 5.74) is -0.0793. The van der Waals surface area contributed by atoms with Gasteiger partial charge in [0, 0.05) is 17.6 Å². The molecule has 5 nitrogen and oxygen atoms in total. The highest BCUT2D eigenvalue weighted by Crippen LogP contribution is 2.39. The molecule has 0 bridgehead atoms. The maximum Gasteiger partial charge on any atom is 0.282 e. The molecule has 0 aliphatic heterocycles. The number of hydrogen-bond donors (Lipinski definition) is 1. The maximum atomic E-state index is 12.0. The van der Waals surface area contributed by atoms with Crippen molar-refractivity contribution in [2.75, 3.05) is 6.54 Å². The molecule has 6 heteroatoms. The number of amides is 1. The minimum absolute atomic E-state index is 0.0143. The monoisotopic (exact) mass is 282 g/mol. The van der Waals surface area contributed by atoms with Gasteiger partial charge in [-0.1, -0.05) is 24.9 Å². The van der Waals surface area contributed by atoms with Crippen LogP contribution in [0.4, 0.5) is 5.69 Å². The third kappa shape index (κ3) is 3.04. The second-order valence-corrected chi connectivity index (χ2v) is 5.70. The average molecular weight is 283 g/mol. The number of benzene rings is 1. The standard InChI is InChI=1S/C13H15ClN2O3/c1-13(5-2-6-13)8-15-12(17)10-7-9(14)3-4-11(10)16(18)19/h3-4,7H,2,5-6,8H2,1H3,(H,15,17). The van der Waals surface area contributed by atoms with Crippen LogP contribution in [0, 0.1) is 15.5 Å². The Balaban J connectivity index is 2.13. The number of rotatable bonds is 4. The van der Waals surface area contributed by atoms with Gasteiger partial charge in [0.1, 0.15) is 5.56 Å². The van der Waals surface area contributed by atoms with Gasteiger partial charge in [0.05, 0.1) is 4.92 Å². The summed E-state index contributed by atoms with van der Waals surface area (Å²) in [6.07, 6.45) is 3.32. The first-order valence-electron chi connectivity index (χ1n) is 6.13. The molecule has 1 aromatic carbocycles. The molecule has 1 aliphatic rings. The first-order chi connectivity index (χ1) is 8.91. The summed E-state index contributed by atoms with van der Waals surface area (Å²) in [6.45, 7) is 2.64. The van der Waals surface area contributed by atoms with Crippen LogP contribution in [0.3, 0.4) is 0 Å². The quantitative estimate of drug-likeness (QED) is 0.681. The van der Waals surface area contributed by atoms with Gasteiger partial charge in [-0.05, 0) is 30.4 Å². The molecular weight excluding hydrogens is 268 g/mol. The van der Waals surface area contributed by atoms with Crippen molar-refractivity contribution in [2.45, 2.75) is 26.2 Å². The number of hydrogen-bond acceptors (Lipinski definition) is 3. The molecule has 1 saturated carbocycles.